The van der Waals surface area contributed by atoms with Gasteiger partial charge in [-0.25, -0.2) is 0 Å². The molecule has 0 fully saturated rings. The van der Waals surface area contributed by atoms with Crippen LogP contribution in [0.4, 0.5) is 0 Å². The Morgan fingerprint density at radius 1 is 1.03 bits per heavy atom. The lowest BCUT2D eigenvalue weighted by atomic mass is 10.1. The van der Waals surface area contributed by atoms with Crippen molar-refractivity contribution in [2.45, 2.75) is 108 Å². The first-order valence-electron chi connectivity index (χ1n) is 11.8. The molecule has 0 aromatic rings. The molecule has 0 bridgehead atoms. The Balaban J connectivity index is 2.04. The van der Waals surface area contributed by atoms with Crippen LogP contribution in [0, 0.1) is 10.1 Å². The van der Waals surface area contributed by atoms with Crippen molar-refractivity contribution in [3.05, 3.63) is 46.2 Å². The minimum Gasteiger partial charge on any atom is -0.362 e. The summed E-state index contributed by atoms with van der Waals surface area (Å²) in [6, 6.07) is 0. The molecule has 0 amide bonds. The largest absolute Gasteiger partial charge is 0.362 e. The minimum absolute atomic E-state index is 0.0654. The molecule has 0 radical (unpaired) electrons. The number of hydrogen-bond acceptors (Lipinski definition) is 5. The van der Waals surface area contributed by atoms with Gasteiger partial charge >= 0.3 is 0 Å². The van der Waals surface area contributed by atoms with E-state index in [-0.39, 0.29) is 19.8 Å². The number of carbonyl (C=O) groups excluding carboxylic acids is 1. The Bertz CT molecular complexity index is 627. The number of carbonyl (C=O) groups is 1. The third kappa shape index (κ3) is 12.9. The Morgan fingerprint density at radius 3 is 2.16 bits per heavy atom. The molecule has 0 saturated carbocycles. The summed E-state index contributed by atoms with van der Waals surface area (Å²) >= 11 is 0. The third-order valence-corrected chi connectivity index (χ3v) is 6.96. The summed E-state index contributed by atoms with van der Waals surface area (Å²) in [5, 5.41) is 30.7. The molecule has 2 atom stereocenters. The highest BCUT2D eigenvalue weighted by Crippen LogP contribution is 2.35. The molecule has 0 aromatic heterocycles. The summed E-state index contributed by atoms with van der Waals surface area (Å²) in [5.41, 5.74) is -1.22. The number of nitrogens with zero attached hydrogens (tertiary/aromatic N) is 1. The third-order valence-electron chi connectivity index (χ3n) is 5.49. The van der Waals surface area contributed by atoms with Gasteiger partial charge in [0.05, 0.1) is 10.6 Å². The van der Waals surface area contributed by atoms with Gasteiger partial charge in [0, 0.05) is 18.6 Å². The number of allylic oxidation sites excluding steroid dienone is 3. The molecule has 0 aromatic carbocycles. The molecule has 2 unspecified atom stereocenters. The van der Waals surface area contributed by atoms with Crippen LogP contribution < -0.4 is 0 Å². The lowest BCUT2D eigenvalue weighted by Gasteiger charge is -2.27. The van der Waals surface area contributed by atoms with E-state index in [1.807, 2.05) is 0 Å². The lowest BCUT2D eigenvalue weighted by molar-refractivity contribution is -0.420. The van der Waals surface area contributed by atoms with Crippen molar-refractivity contribution >= 4 is 14.1 Å². The van der Waals surface area contributed by atoms with E-state index in [9.17, 15) is 25.1 Å². The first-order valence-corrected chi connectivity index (χ1v) is 12.9. The van der Waals surface area contributed by atoms with Crippen LogP contribution in [0.25, 0.3) is 0 Å². The summed E-state index contributed by atoms with van der Waals surface area (Å²) in [5.74, 6) is -2.20. The standard InChI is InChI=1S/C24H40NO5P/c1-2-3-4-5-6-7-8-9-10-11-12-13-14-15-16-17-23(26)31-22-20-21(25(29)30)18-19-24(22,27)28/h9-10,18-20,22,27-28,31H,2-8,11-17H2,1H3/b10-9-. The number of unbranched alkanes of at least 4 members (excludes halogenated alkanes) is 11. The smallest absolute Gasteiger partial charge is 0.266 e. The van der Waals surface area contributed by atoms with Gasteiger partial charge in [-0.05, 0) is 46.8 Å². The molecule has 6 nitrogen and oxygen atoms in total. The first kappa shape index (κ1) is 27.7. The predicted molar refractivity (Wildman–Crippen MR) is 128 cm³/mol. The van der Waals surface area contributed by atoms with Gasteiger partial charge in [0.2, 0.25) is 0 Å². The quantitative estimate of drug-likeness (QED) is 0.0661. The summed E-state index contributed by atoms with van der Waals surface area (Å²) in [6.07, 6.45) is 23.7. The van der Waals surface area contributed by atoms with Crippen LogP contribution in [0.1, 0.15) is 96.8 Å². The van der Waals surface area contributed by atoms with E-state index in [1.165, 1.54) is 57.4 Å². The molecule has 0 saturated heterocycles. The van der Waals surface area contributed by atoms with Crippen molar-refractivity contribution in [2.75, 3.05) is 0 Å². The first-order chi connectivity index (χ1) is 14.9. The number of nitro groups is 1. The highest BCUT2D eigenvalue weighted by molar-refractivity contribution is 7.58. The molecule has 1 rings (SSSR count). The van der Waals surface area contributed by atoms with Gasteiger partial charge in [-0.2, -0.15) is 0 Å². The molecule has 0 heterocycles. The van der Waals surface area contributed by atoms with Crippen LogP contribution in [-0.4, -0.2) is 32.1 Å². The van der Waals surface area contributed by atoms with E-state index in [1.54, 1.807) is 0 Å². The van der Waals surface area contributed by atoms with Gasteiger partial charge in [-0.1, -0.05) is 70.4 Å². The van der Waals surface area contributed by atoms with Crippen molar-refractivity contribution in [1.82, 2.24) is 0 Å². The number of aliphatic hydroxyl groups is 2. The van der Waals surface area contributed by atoms with Crippen LogP contribution >= 0.6 is 8.58 Å². The second-order valence-electron chi connectivity index (χ2n) is 8.34. The van der Waals surface area contributed by atoms with E-state index >= 15 is 0 Å². The molecule has 176 valence electrons. The molecular weight excluding hydrogens is 413 g/mol. The highest BCUT2D eigenvalue weighted by atomic mass is 31.1. The van der Waals surface area contributed by atoms with Crippen LogP contribution in [-0.2, 0) is 4.79 Å². The van der Waals surface area contributed by atoms with Crippen molar-refractivity contribution in [2.24, 2.45) is 0 Å². The number of hydrogen-bond donors (Lipinski definition) is 2. The molecule has 0 aliphatic heterocycles. The Labute approximate surface area is 188 Å². The fourth-order valence-electron chi connectivity index (χ4n) is 3.53. The zero-order valence-corrected chi connectivity index (χ0v) is 19.9. The van der Waals surface area contributed by atoms with E-state index in [4.69, 9.17) is 0 Å². The topological polar surface area (TPSA) is 101 Å². The molecule has 7 heteroatoms. The van der Waals surface area contributed by atoms with Crippen molar-refractivity contribution in [1.29, 1.82) is 0 Å². The maximum absolute atomic E-state index is 12.2. The molecular formula is C24H40NO5P. The van der Waals surface area contributed by atoms with Gasteiger partial charge in [0.1, 0.15) is 0 Å². The monoisotopic (exact) mass is 453 g/mol. The van der Waals surface area contributed by atoms with E-state index in [0.717, 1.165) is 44.3 Å². The highest BCUT2D eigenvalue weighted by Gasteiger charge is 2.37. The minimum atomic E-state index is -2.20. The maximum atomic E-state index is 12.2. The normalized spacial score (nSPS) is 18.2. The second kappa shape index (κ2) is 16.3. The summed E-state index contributed by atoms with van der Waals surface area (Å²) < 4.78 is 0. The van der Waals surface area contributed by atoms with E-state index in [0.29, 0.717) is 6.42 Å². The van der Waals surface area contributed by atoms with Gasteiger partial charge in [-0.3, -0.25) is 14.9 Å². The Kier molecular flexibility index (Phi) is 14.5. The molecule has 1 aliphatic rings. The molecule has 1 aliphatic carbocycles. The van der Waals surface area contributed by atoms with Gasteiger partial charge < -0.3 is 10.2 Å². The van der Waals surface area contributed by atoms with E-state index < -0.39 is 16.4 Å². The zero-order valence-electron chi connectivity index (χ0n) is 18.9. The molecule has 0 spiro atoms. The fraction of sp³-hybridized carbons (Fsp3) is 0.708. The van der Waals surface area contributed by atoms with Gasteiger partial charge in [0.25, 0.3) is 5.70 Å². The average Bonchev–Trinajstić information content (AvgIpc) is 2.72. The SMILES string of the molecule is CCCCCCCC/C=C\CCCCCCCC(=O)PC1C=C([N+](=O)[O-])C=CC1(O)O. The zero-order chi connectivity index (χ0) is 23.0. The summed E-state index contributed by atoms with van der Waals surface area (Å²) in [4.78, 5) is 22.4. The van der Waals surface area contributed by atoms with Crippen LogP contribution in [0.15, 0.2) is 36.1 Å². The van der Waals surface area contributed by atoms with Crippen molar-refractivity contribution in [3.8, 4) is 0 Å². The predicted octanol–water partition coefficient (Wildman–Crippen LogP) is 6.01. The van der Waals surface area contributed by atoms with Crippen LogP contribution in [0.5, 0.6) is 0 Å². The second-order valence-corrected chi connectivity index (χ2v) is 9.81. The van der Waals surface area contributed by atoms with Crippen molar-refractivity contribution in [3.63, 3.8) is 0 Å². The fourth-order valence-corrected chi connectivity index (χ4v) is 4.76. The Morgan fingerprint density at radius 2 is 1.58 bits per heavy atom. The molecule has 31 heavy (non-hydrogen) atoms. The average molecular weight is 454 g/mol. The van der Waals surface area contributed by atoms with Gasteiger partial charge in [-0.15, -0.1) is 0 Å². The van der Waals surface area contributed by atoms with Crippen molar-refractivity contribution < 1.29 is 19.9 Å². The summed E-state index contributed by atoms with van der Waals surface area (Å²) in [6.45, 7) is 2.24. The maximum Gasteiger partial charge on any atom is 0.266 e. The van der Waals surface area contributed by atoms with E-state index in [2.05, 4.69) is 19.1 Å². The lowest BCUT2D eigenvalue weighted by Crippen LogP contribution is -2.39. The van der Waals surface area contributed by atoms with Crippen LogP contribution in [0.2, 0.25) is 0 Å². The summed E-state index contributed by atoms with van der Waals surface area (Å²) in [7, 11) is -0.384. The number of rotatable bonds is 18. The van der Waals surface area contributed by atoms with Crippen LogP contribution in [0.3, 0.4) is 0 Å². The Hall–Kier alpha value is -1.36. The molecule has 2 N–H and O–H groups in total. The van der Waals surface area contributed by atoms with Gasteiger partial charge in [0.15, 0.2) is 11.3 Å².